The number of ether oxygens (including phenoxy) is 1. The summed E-state index contributed by atoms with van der Waals surface area (Å²) in [4.78, 5) is 13.5. The monoisotopic (exact) mass is 244 g/mol. The van der Waals surface area contributed by atoms with Crippen LogP contribution in [0.3, 0.4) is 0 Å². The Morgan fingerprint density at radius 1 is 1.47 bits per heavy atom. The molecule has 17 heavy (non-hydrogen) atoms. The molecule has 3 N–H and O–H groups in total. The van der Waals surface area contributed by atoms with Gasteiger partial charge in [-0.05, 0) is 39.5 Å². The zero-order valence-electron chi connectivity index (χ0n) is 11.0. The van der Waals surface area contributed by atoms with Gasteiger partial charge in [0.1, 0.15) is 5.60 Å². The van der Waals surface area contributed by atoms with Crippen LogP contribution in [-0.2, 0) is 4.74 Å². The number of nitrogens with two attached hydrogens (primary N) is 1. The van der Waals surface area contributed by atoms with Gasteiger partial charge in [0.15, 0.2) is 0 Å². The van der Waals surface area contributed by atoms with E-state index in [0.29, 0.717) is 13.1 Å². The molecule has 1 fully saturated rings. The highest BCUT2D eigenvalue weighted by atomic mass is 16.6. The molecule has 0 aliphatic carbocycles. The minimum Gasteiger partial charge on any atom is -0.444 e. The summed E-state index contributed by atoms with van der Waals surface area (Å²) in [6.45, 7) is 7.13. The van der Waals surface area contributed by atoms with Crippen molar-refractivity contribution in [1.82, 2.24) is 4.90 Å². The van der Waals surface area contributed by atoms with Gasteiger partial charge in [-0.15, -0.1) is 0 Å². The SMILES string of the molecule is CC(C)(C)OC(=O)N1CCC(C(O)CN)CC1. The Kier molecular flexibility index (Phi) is 4.77. The molecule has 1 rings (SSSR count). The molecule has 1 amide bonds. The van der Waals surface area contributed by atoms with Crippen LogP contribution < -0.4 is 5.73 Å². The van der Waals surface area contributed by atoms with Gasteiger partial charge in [-0.2, -0.15) is 0 Å². The Labute approximate surface area is 103 Å². The van der Waals surface area contributed by atoms with Gasteiger partial charge in [-0.1, -0.05) is 0 Å². The van der Waals surface area contributed by atoms with Gasteiger partial charge in [-0.25, -0.2) is 4.79 Å². The molecule has 0 aromatic heterocycles. The largest absolute Gasteiger partial charge is 0.444 e. The lowest BCUT2D eigenvalue weighted by Crippen LogP contribution is -2.44. The van der Waals surface area contributed by atoms with Crippen LogP contribution in [0, 0.1) is 5.92 Å². The average Bonchev–Trinajstić information content (AvgIpc) is 2.26. The van der Waals surface area contributed by atoms with E-state index >= 15 is 0 Å². The molecule has 1 aliphatic rings. The number of hydrogen-bond donors (Lipinski definition) is 2. The van der Waals surface area contributed by atoms with Crippen molar-refractivity contribution in [2.45, 2.75) is 45.3 Å². The van der Waals surface area contributed by atoms with Crippen molar-refractivity contribution in [2.75, 3.05) is 19.6 Å². The second kappa shape index (κ2) is 5.69. The molecule has 1 saturated heterocycles. The van der Waals surface area contributed by atoms with E-state index in [2.05, 4.69) is 0 Å². The summed E-state index contributed by atoms with van der Waals surface area (Å²) in [7, 11) is 0. The smallest absolute Gasteiger partial charge is 0.410 e. The molecule has 0 radical (unpaired) electrons. The third-order valence-electron chi connectivity index (χ3n) is 2.98. The van der Waals surface area contributed by atoms with E-state index in [0.717, 1.165) is 12.8 Å². The first kappa shape index (κ1) is 14.3. The Balaban J connectivity index is 2.39. The Bertz CT molecular complexity index is 255. The molecule has 0 spiro atoms. The van der Waals surface area contributed by atoms with Gasteiger partial charge in [0.05, 0.1) is 6.10 Å². The highest BCUT2D eigenvalue weighted by Gasteiger charge is 2.29. The van der Waals surface area contributed by atoms with Gasteiger partial charge in [0, 0.05) is 19.6 Å². The average molecular weight is 244 g/mol. The van der Waals surface area contributed by atoms with Gasteiger partial charge in [-0.3, -0.25) is 0 Å². The maximum absolute atomic E-state index is 11.8. The molecule has 1 atom stereocenters. The van der Waals surface area contributed by atoms with Crippen LogP contribution in [-0.4, -0.2) is 47.4 Å². The number of aliphatic hydroxyl groups excluding tert-OH is 1. The van der Waals surface area contributed by atoms with Crippen LogP contribution in [0.5, 0.6) is 0 Å². The van der Waals surface area contributed by atoms with Crippen LogP contribution >= 0.6 is 0 Å². The molecule has 0 bridgehead atoms. The number of amides is 1. The second-order valence-corrected chi connectivity index (χ2v) is 5.61. The number of carbonyl (C=O) groups excluding carboxylic acids is 1. The summed E-state index contributed by atoms with van der Waals surface area (Å²) in [5.41, 5.74) is 4.97. The van der Waals surface area contributed by atoms with Crippen LogP contribution in [0.2, 0.25) is 0 Å². The molecule has 1 heterocycles. The summed E-state index contributed by atoms with van der Waals surface area (Å²) in [5, 5.41) is 9.63. The molecule has 0 aromatic rings. The lowest BCUT2D eigenvalue weighted by molar-refractivity contribution is 0.00903. The zero-order valence-corrected chi connectivity index (χ0v) is 11.0. The fourth-order valence-corrected chi connectivity index (χ4v) is 1.99. The highest BCUT2D eigenvalue weighted by Crippen LogP contribution is 2.21. The molecule has 1 unspecified atom stereocenters. The van der Waals surface area contributed by atoms with Crippen molar-refractivity contribution >= 4 is 6.09 Å². The van der Waals surface area contributed by atoms with Crippen molar-refractivity contribution in [1.29, 1.82) is 0 Å². The topological polar surface area (TPSA) is 75.8 Å². The van der Waals surface area contributed by atoms with Gasteiger partial charge >= 0.3 is 6.09 Å². The summed E-state index contributed by atoms with van der Waals surface area (Å²) in [6, 6.07) is 0. The van der Waals surface area contributed by atoms with Crippen LogP contribution in [0.4, 0.5) is 4.79 Å². The molecule has 5 nitrogen and oxygen atoms in total. The predicted molar refractivity (Wildman–Crippen MR) is 65.6 cm³/mol. The van der Waals surface area contributed by atoms with Crippen molar-refractivity contribution in [2.24, 2.45) is 11.7 Å². The van der Waals surface area contributed by atoms with E-state index in [-0.39, 0.29) is 18.6 Å². The standard InChI is InChI=1S/C12H24N2O3/c1-12(2,3)17-11(16)14-6-4-9(5-7-14)10(15)8-13/h9-10,15H,4-8,13H2,1-3H3. The first-order valence-electron chi connectivity index (χ1n) is 6.19. The molecule has 100 valence electrons. The molecule has 0 saturated carbocycles. The minimum absolute atomic E-state index is 0.207. The lowest BCUT2D eigenvalue weighted by Gasteiger charge is -2.34. The van der Waals surface area contributed by atoms with Crippen LogP contribution in [0.25, 0.3) is 0 Å². The zero-order chi connectivity index (χ0) is 13.1. The van der Waals surface area contributed by atoms with E-state index in [4.69, 9.17) is 10.5 Å². The van der Waals surface area contributed by atoms with Crippen molar-refractivity contribution in [3.8, 4) is 0 Å². The number of aliphatic hydroxyl groups is 1. The van der Waals surface area contributed by atoms with Crippen LogP contribution in [0.15, 0.2) is 0 Å². The predicted octanol–water partition coefficient (Wildman–Crippen LogP) is 0.953. The van der Waals surface area contributed by atoms with E-state index in [1.165, 1.54) is 0 Å². The molecule has 1 aliphatic heterocycles. The Hall–Kier alpha value is -0.810. The second-order valence-electron chi connectivity index (χ2n) is 5.61. The van der Waals surface area contributed by atoms with Crippen molar-refractivity contribution in [3.63, 3.8) is 0 Å². The summed E-state index contributed by atoms with van der Waals surface area (Å²) < 4.78 is 5.30. The quantitative estimate of drug-likeness (QED) is 0.758. The maximum Gasteiger partial charge on any atom is 0.410 e. The molecule has 5 heteroatoms. The lowest BCUT2D eigenvalue weighted by atomic mass is 9.91. The third-order valence-corrected chi connectivity index (χ3v) is 2.98. The number of rotatable bonds is 2. The maximum atomic E-state index is 11.8. The fourth-order valence-electron chi connectivity index (χ4n) is 1.99. The van der Waals surface area contributed by atoms with Gasteiger partial charge < -0.3 is 20.5 Å². The summed E-state index contributed by atoms with van der Waals surface area (Å²) in [5.74, 6) is 0.207. The van der Waals surface area contributed by atoms with Gasteiger partial charge in [0.25, 0.3) is 0 Å². The summed E-state index contributed by atoms with van der Waals surface area (Å²) >= 11 is 0. The Morgan fingerprint density at radius 2 is 2.00 bits per heavy atom. The van der Waals surface area contributed by atoms with Gasteiger partial charge in [0.2, 0.25) is 0 Å². The Morgan fingerprint density at radius 3 is 2.41 bits per heavy atom. The van der Waals surface area contributed by atoms with Crippen molar-refractivity contribution in [3.05, 3.63) is 0 Å². The normalized spacial score (nSPS) is 20.2. The number of carbonyl (C=O) groups is 1. The first-order chi connectivity index (χ1) is 7.83. The van der Waals surface area contributed by atoms with E-state index in [1.807, 2.05) is 20.8 Å². The number of hydrogen-bond acceptors (Lipinski definition) is 4. The summed E-state index contributed by atoms with van der Waals surface area (Å²) in [6.07, 6.45) is 0.865. The van der Waals surface area contributed by atoms with Crippen molar-refractivity contribution < 1.29 is 14.6 Å². The van der Waals surface area contributed by atoms with E-state index in [9.17, 15) is 9.90 Å². The minimum atomic E-state index is -0.454. The molecule has 0 aromatic carbocycles. The van der Waals surface area contributed by atoms with E-state index < -0.39 is 11.7 Å². The van der Waals surface area contributed by atoms with E-state index in [1.54, 1.807) is 4.90 Å². The fraction of sp³-hybridized carbons (Fsp3) is 0.917. The molecular formula is C12H24N2O3. The number of piperidine rings is 1. The molecular weight excluding hydrogens is 220 g/mol. The third kappa shape index (κ3) is 4.52. The highest BCUT2D eigenvalue weighted by molar-refractivity contribution is 5.68. The number of likely N-dealkylation sites (tertiary alicyclic amines) is 1. The first-order valence-corrected chi connectivity index (χ1v) is 6.19. The van der Waals surface area contributed by atoms with Crippen LogP contribution in [0.1, 0.15) is 33.6 Å². The number of nitrogens with zero attached hydrogens (tertiary/aromatic N) is 1.